The number of hydrogen-bond acceptors (Lipinski definition) is 2. The van der Waals surface area contributed by atoms with E-state index < -0.39 is 0 Å². The Kier molecular flexibility index (Phi) is 5.47. The van der Waals surface area contributed by atoms with Gasteiger partial charge < -0.3 is 0 Å². The minimum atomic E-state index is -0.119. The van der Waals surface area contributed by atoms with E-state index in [2.05, 4.69) is 25.9 Å². The molecule has 0 bridgehead atoms. The zero-order valence-corrected chi connectivity index (χ0v) is 11.2. The molecule has 1 aliphatic rings. The Bertz CT molecular complexity index is 217. The van der Waals surface area contributed by atoms with Gasteiger partial charge in [-0.15, -0.1) is 0 Å². The summed E-state index contributed by atoms with van der Waals surface area (Å²) in [5, 5.41) is 0. The van der Waals surface area contributed by atoms with Gasteiger partial charge in [0.15, 0.2) is 5.78 Å². The Morgan fingerprint density at radius 3 is 2.25 bits per heavy atom. The molecule has 0 aromatic heterocycles. The van der Waals surface area contributed by atoms with Crippen LogP contribution in [-0.2, 0) is 4.79 Å². The molecule has 16 heavy (non-hydrogen) atoms. The third-order valence-corrected chi connectivity index (χ3v) is 4.06. The summed E-state index contributed by atoms with van der Waals surface area (Å²) in [6.45, 7) is 2.19. The number of hydrogen-bond donors (Lipinski definition) is 0. The van der Waals surface area contributed by atoms with Crippen LogP contribution >= 0.6 is 0 Å². The van der Waals surface area contributed by atoms with Crippen LogP contribution in [0.25, 0.3) is 0 Å². The van der Waals surface area contributed by atoms with Gasteiger partial charge in [0.25, 0.3) is 0 Å². The summed E-state index contributed by atoms with van der Waals surface area (Å²) in [5.41, 5.74) is -0.119. The first-order valence-electron chi connectivity index (χ1n) is 6.84. The van der Waals surface area contributed by atoms with Crippen LogP contribution in [0.5, 0.6) is 0 Å². The van der Waals surface area contributed by atoms with Gasteiger partial charge in [0.1, 0.15) is 0 Å². The average molecular weight is 225 g/mol. The number of Topliss-reactive ketones (excluding diaryl/α,β-unsaturated/α-hetero) is 1. The van der Waals surface area contributed by atoms with Crippen molar-refractivity contribution < 1.29 is 4.79 Å². The fourth-order valence-electron chi connectivity index (χ4n) is 2.88. The summed E-state index contributed by atoms with van der Waals surface area (Å²) in [6, 6.07) is 0. The molecule has 0 aromatic rings. The quantitative estimate of drug-likeness (QED) is 0.646. The zero-order valence-electron chi connectivity index (χ0n) is 11.2. The first kappa shape index (κ1) is 13.7. The molecule has 0 amide bonds. The average Bonchev–Trinajstić information content (AvgIpc) is 2.30. The minimum absolute atomic E-state index is 0.119. The zero-order chi connectivity index (χ0) is 12.0. The highest BCUT2D eigenvalue weighted by Crippen LogP contribution is 2.34. The van der Waals surface area contributed by atoms with E-state index in [1.807, 2.05) is 0 Å². The second kappa shape index (κ2) is 6.39. The first-order valence-corrected chi connectivity index (χ1v) is 6.84. The number of rotatable bonds is 6. The van der Waals surface area contributed by atoms with Gasteiger partial charge in [-0.05, 0) is 33.4 Å². The highest BCUT2D eigenvalue weighted by Gasteiger charge is 2.40. The van der Waals surface area contributed by atoms with Crippen LogP contribution in [-0.4, -0.2) is 30.3 Å². The summed E-state index contributed by atoms with van der Waals surface area (Å²) in [4.78, 5) is 14.6. The Balaban J connectivity index is 2.58. The van der Waals surface area contributed by atoms with E-state index in [-0.39, 0.29) is 5.54 Å². The lowest BCUT2D eigenvalue weighted by molar-refractivity contribution is -0.132. The molecule has 0 heterocycles. The summed E-state index contributed by atoms with van der Waals surface area (Å²) >= 11 is 0. The molecule has 1 fully saturated rings. The first-order chi connectivity index (χ1) is 7.63. The third-order valence-electron chi connectivity index (χ3n) is 4.06. The summed E-state index contributed by atoms with van der Waals surface area (Å²) in [5.74, 6) is 0.491. The van der Waals surface area contributed by atoms with Crippen molar-refractivity contribution in [2.24, 2.45) is 0 Å². The van der Waals surface area contributed by atoms with Crippen LogP contribution in [0.4, 0.5) is 0 Å². The molecule has 94 valence electrons. The van der Waals surface area contributed by atoms with Crippen molar-refractivity contribution in [3.8, 4) is 0 Å². The molecular weight excluding hydrogens is 198 g/mol. The maximum absolute atomic E-state index is 12.4. The Morgan fingerprint density at radius 2 is 1.75 bits per heavy atom. The predicted molar refractivity (Wildman–Crippen MR) is 68.7 cm³/mol. The molecule has 1 saturated carbocycles. The summed E-state index contributed by atoms with van der Waals surface area (Å²) in [6.07, 6.45) is 10.1. The van der Waals surface area contributed by atoms with Gasteiger partial charge in [-0.1, -0.05) is 39.0 Å². The van der Waals surface area contributed by atoms with Crippen molar-refractivity contribution in [1.82, 2.24) is 4.90 Å². The standard InChI is InChI=1S/C14H27NO/c1-4-5-7-10-13(16)14(15(2)3)11-8-6-9-12-14/h4-12H2,1-3H3. The molecule has 1 aliphatic carbocycles. The molecule has 0 saturated heterocycles. The van der Waals surface area contributed by atoms with Gasteiger partial charge >= 0.3 is 0 Å². The number of carbonyl (C=O) groups is 1. The maximum atomic E-state index is 12.4. The van der Waals surface area contributed by atoms with E-state index >= 15 is 0 Å². The van der Waals surface area contributed by atoms with Crippen molar-refractivity contribution in [1.29, 1.82) is 0 Å². The highest BCUT2D eigenvalue weighted by molar-refractivity contribution is 5.88. The Morgan fingerprint density at radius 1 is 1.12 bits per heavy atom. The van der Waals surface area contributed by atoms with E-state index in [0.29, 0.717) is 5.78 Å². The molecule has 0 radical (unpaired) electrons. The van der Waals surface area contributed by atoms with E-state index in [9.17, 15) is 4.79 Å². The number of carbonyl (C=O) groups excluding carboxylic acids is 1. The van der Waals surface area contributed by atoms with Gasteiger partial charge in [-0.3, -0.25) is 9.69 Å². The van der Waals surface area contributed by atoms with Gasteiger partial charge in [-0.25, -0.2) is 0 Å². The summed E-state index contributed by atoms with van der Waals surface area (Å²) < 4.78 is 0. The topological polar surface area (TPSA) is 20.3 Å². The second-order valence-corrected chi connectivity index (χ2v) is 5.37. The molecule has 2 heteroatoms. The fourth-order valence-corrected chi connectivity index (χ4v) is 2.88. The molecule has 0 spiro atoms. The lowest BCUT2D eigenvalue weighted by Crippen LogP contribution is -2.52. The molecule has 0 aromatic carbocycles. The molecule has 1 rings (SSSR count). The van der Waals surface area contributed by atoms with Crippen LogP contribution in [0.1, 0.15) is 64.7 Å². The molecule has 0 atom stereocenters. The van der Waals surface area contributed by atoms with Crippen LogP contribution in [0.3, 0.4) is 0 Å². The smallest absolute Gasteiger partial charge is 0.153 e. The van der Waals surface area contributed by atoms with E-state index in [1.165, 1.54) is 32.1 Å². The summed E-state index contributed by atoms with van der Waals surface area (Å²) in [7, 11) is 4.14. The minimum Gasteiger partial charge on any atom is -0.298 e. The number of likely N-dealkylation sites (N-methyl/N-ethyl adjacent to an activating group) is 1. The van der Waals surface area contributed by atoms with Crippen molar-refractivity contribution in [2.75, 3.05) is 14.1 Å². The van der Waals surface area contributed by atoms with E-state index in [0.717, 1.165) is 25.7 Å². The Hall–Kier alpha value is -0.370. The van der Waals surface area contributed by atoms with Crippen LogP contribution in [0.15, 0.2) is 0 Å². The van der Waals surface area contributed by atoms with Crippen molar-refractivity contribution in [3.63, 3.8) is 0 Å². The van der Waals surface area contributed by atoms with Gasteiger partial charge in [0.05, 0.1) is 5.54 Å². The molecular formula is C14H27NO. The largest absolute Gasteiger partial charge is 0.298 e. The van der Waals surface area contributed by atoms with Crippen molar-refractivity contribution in [2.45, 2.75) is 70.3 Å². The number of nitrogens with zero attached hydrogens (tertiary/aromatic N) is 1. The Labute approximate surface area is 100 Å². The fraction of sp³-hybridized carbons (Fsp3) is 0.929. The van der Waals surface area contributed by atoms with Crippen LogP contribution in [0.2, 0.25) is 0 Å². The molecule has 0 aliphatic heterocycles. The van der Waals surface area contributed by atoms with Crippen molar-refractivity contribution in [3.05, 3.63) is 0 Å². The molecule has 2 nitrogen and oxygen atoms in total. The second-order valence-electron chi connectivity index (χ2n) is 5.37. The maximum Gasteiger partial charge on any atom is 0.153 e. The molecule has 0 unspecified atom stereocenters. The monoisotopic (exact) mass is 225 g/mol. The van der Waals surface area contributed by atoms with Gasteiger partial charge in [-0.2, -0.15) is 0 Å². The third kappa shape index (κ3) is 3.07. The lowest BCUT2D eigenvalue weighted by Gasteiger charge is -2.41. The number of unbranched alkanes of at least 4 members (excludes halogenated alkanes) is 2. The SMILES string of the molecule is CCCCCC(=O)C1(N(C)C)CCCCC1. The van der Waals surface area contributed by atoms with Crippen LogP contribution < -0.4 is 0 Å². The van der Waals surface area contributed by atoms with Crippen molar-refractivity contribution >= 4 is 5.78 Å². The van der Waals surface area contributed by atoms with Crippen LogP contribution in [0, 0.1) is 0 Å². The lowest BCUT2D eigenvalue weighted by atomic mass is 9.76. The van der Waals surface area contributed by atoms with Gasteiger partial charge in [0.2, 0.25) is 0 Å². The highest BCUT2D eigenvalue weighted by atomic mass is 16.1. The predicted octanol–water partition coefficient (Wildman–Crippen LogP) is 3.40. The number of ketones is 1. The van der Waals surface area contributed by atoms with Gasteiger partial charge in [0, 0.05) is 6.42 Å². The van der Waals surface area contributed by atoms with E-state index in [4.69, 9.17) is 0 Å². The van der Waals surface area contributed by atoms with E-state index in [1.54, 1.807) is 0 Å². The normalized spacial score (nSPS) is 20.0. The molecule has 0 N–H and O–H groups in total.